The Balaban J connectivity index is 1.40. The Labute approximate surface area is 188 Å². The van der Waals surface area contributed by atoms with E-state index in [1.165, 1.54) is 22.7 Å². The van der Waals surface area contributed by atoms with Crippen molar-refractivity contribution in [2.24, 2.45) is 0 Å². The first kappa shape index (κ1) is 21.0. The van der Waals surface area contributed by atoms with E-state index in [2.05, 4.69) is 27.8 Å². The lowest BCUT2D eigenvalue weighted by molar-refractivity contribution is -0.121. The van der Waals surface area contributed by atoms with Gasteiger partial charge in [0.25, 0.3) is 5.91 Å². The summed E-state index contributed by atoms with van der Waals surface area (Å²) in [5.41, 5.74) is 2.85. The molecule has 0 saturated heterocycles. The number of rotatable bonds is 8. The Bertz CT molecular complexity index is 1130. The number of nitrogens with zero attached hydrogens (tertiary/aromatic N) is 1. The monoisotopic (exact) mass is 447 g/mol. The van der Waals surface area contributed by atoms with Gasteiger partial charge in [0.1, 0.15) is 0 Å². The van der Waals surface area contributed by atoms with Crippen LogP contribution in [0.2, 0.25) is 0 Å². The maximum Gasteiger partial charge on any atom is 0.267 e. The van der Waals surface area contributed by atoms with Crippen molar-refractivity contribution in [1.82, 2.24) is 10.3 Å². The van der Waals surface area contributed by atoms with Crippen LogP contribution < -0.4 is 10.6 Å². The average Bonchev–Trinajstić information content (AvgIpc) is 3.47. The summed E-state index contributed by atoms with van der Waals surface area (Å²) in [5.74, 6) is -0.293. The summed E-state index contributed by atoms with van der Waals surface area (Å²) >= 11 is 2.69. The van der Waals surface area contributed by atoms with Crippen LogP contribution in [-0.4, -0.2) is 16.8 Å². The van der Waals surface area contributed by atoms with Crippen LogP contribution in [-0.2, 0) is 17.6 Å². The fourth-order valence-corrected chi connectivity index (χ4v) is 4.53. The van der Waals surface area contributed by atoms with Crippen LogP contribution in [0.3, 0.4) is 0 Å². The van der Waals surface area contributed by atoms with Crippen LogP contribution in [0.4, 0.5) is 5.13 Å². The summed E-state index contributed by atoms with van der Waals surface area (Å²) in [4.78, 5) is 30.0. The Morgan fingerprint density at radius 2 is 1.65 bits per heavy atom. The van der Waals surface area contributed by atoms with Gasteiger partial charge < -0.3 is 5.32 Å². The van der Waals surface area contributed by atoms with Gasteiger partial charge in [0, 0.05) is 5.38 Å². The van der Waals surface area contributed by atoms with E-state index in [1.807, 2.05) is 60.0 Å². The van der Waals surface area contributed by atoms with Crippen molar-refractivity contribution in [2.45, 2.75) is 18.9 Å². The highest BCUT2D eigenvalue weighted by Crippen LogP contribution is 2.21. The van der Waals surface area contributed by atoms with E-state index in [0.29, 0.717) is 22.1 Å². The van der Waals surface area contributed by atoms with E-state index in [4.69, 9.17) is 0 Å². The van der Waals surface area contributed by atoms with Crippen molar-refractivity contribution in [3.63, 3.8) is 0 Å². The number of anilines is 1. The highest BCUT2D eigenvalue weighted by atomic mass is 32.1. The van der Waals surface area contributed by atoms with Gasteiger partial charge in [-0.05, 0) is 29.0 Å². The second-order valence-corrected chi connectivity index (χ2v) is 8.78. The predicted octanol–water partition coefficient (Wildman–Crippen LogP) is 5.10. The van der Waals surface area contributed by atoms with E-state index < -0.39 is 0 Å². The van der Waals surface area contributed by atoms with E-state index in [9.17, 15) is 9.59 Å². The zero-order chi connectivity index (χ0) is 21.5. The van der Waals surface area contributed by atoms with Crippen molar-refractivity contribution in [3.05, 3.63) is 105 Å². The molecular weight excluding hydrogens is 426 g/mol. The van der Waals surface area contributed by atoms with Crippen molar-refractivity contribution >= 4 is 39.6 Å². The maximum atomic E-state index is 12.8. The summed E-state index contributed by atoms with van der Waals surface area (Å²) in [7, 11) is 0. The number of benzene rings is 2. The summed E-state index contributed by atoms with van der Waals surface area (Å²) in [6, 6.07) is 23.5. The smallest absolute Gasteiger partial charge is 0.267 e. The minimum absolute atomic E-state index is 0.105. The molecule has 0 aliphatic rings. The van der Waals surface area contributed by atoms with Crippen molar-refractivity contribution in [2.75, 3.05) is 5.32 Å². The molecule has 0 aliphatic heterocycles. The fourth-order valence-electron chi connectivity index (χ4n) is 3.21. The van der Waals surface area contributed by atoms with Crippen LogP contribution >= 0.6 is 22.7 Å². The molecule has 0 spiro atoms. The second kappa shape index (κ2) is 10.1. The third-order valence-electron chi connectivity index (χ3n) is 4.68. The molecule has 7 heteroatoms. The first-order chi connectivity index (χ1) is 15.2. The molecule has 0 saturated carbocycles. The number of nitrogens with one attached hydrogen (secondary N) is 2. The number of amides is 2. The largest absolute Gasteiger partial charge is 0.349 e. The number of carbonyl (C=O) groups excluding carboxylic acids is 2. The summed E-state index contributed by atoms with van der Waals surface area (Å²) in [6.07, 6.45) is 0.860. The average molecular weight is 448 g/mol. The number of aromatic nitrogens is 1. The lowest BCUT2D eigenvalue weighted by atomic mass is 9.98. The minimum atomic E-state index is -0.188. The molecule has 4 rings (SSSR count). The van der Waals surface area contributed by atoms with Crippen LogP contribution in [0, 0.1) is 0 Å². The molecule has 0 bridgehead atoms. The van der Waals surface area contributed by atoms with Crippen LogP contribution in [0.1, 0.15) is 32.5 Å². The van der Waals surface area contributed by atoms with E-state index in [0.717, 1.165) is 11.1 Å². The Kier molecular flexibility index (Phi) is 6.86. The summed E-state index contributed by atoms with van der Waals surface area (Å²) in [5, 5.41) is 10.1. The molecule has 31 heavy (non-hydrogen) atoms. The van der Waals surface area contributed by atoms with Gasteiger partial charge in [0.15, 0.2) is 5.13 Å². The molecular formula is C24H21N3O2S2. The number of hydrogen-bond donors (Lipinski definition) is 2. The second-order valence-electron chi connectivity index (χ2n) is 6.97. The Morgan fingerprint density at radius 3 is 2.35 bits per heavy atom. The molecule has 2 N–H and O–H groups in total. The van der Waals surface area contributed by atoms with Crippen molar-refractivity contribution in [3.8, 4) is 0 Å². The third kappa shape index (κ3) is 5.87. The van der Waals surface area contributed by atoms with Crippen molar-refractivity contribution < 1.29 is 9.59 Å². The molecule has 2 aromatic heterocycles. The molecule has 0 radical (unpaired) electrons. The molecule has 5 nitrogen and oxygen atoms in total. The predicted molar refractivity (Wildman–Crippen MR) is 126 cm³/mol. The van der Waals surface area contributed by atoms with E-state index >= 15 is 0 Å². The SMILES string of the molecule is O=C(Cc1csc(NC(=O)c2cccs2)n1)NC(Cc1ccccc1)c1ccccc1. The Morgan fingerprint density at radius 1 is 0.903 bits per heavy atom. The zero-order valence-corrected chi connectivity index (χ0v) is 18.3. The first-order valence-corrected chi connectivity index (χ1v) is 11.6. The number of thiazole rings is 1. The highest BCUT2D eigenvalue weighted by Gasteiger charge is 2.17. The molecule has 2 amide bonds. The third-order valence-corrected chi connectivity index (χ3v) is 6.35. The van der Waals surface area contributed by atoms with Gasteiger partial charge in [-0.2, -0.15) is 0 Å². The summed E-state index contributed by atoms with van der Waals surface area (Å²) in [6.45, 7) is 0. The van der Waals surface area contributed by atoms with Crippen LogP contribution in [0.25, 0.3) is 0 Å². The van der Waals surface area contributed by atoms with Crippen molar-refractivity contribution in [1.29, 1.82) is 0 Å². The lowest BCUT2D eigenvalue weighted by Gasteiger charge is -2.19. The van der Waals surface area contributed by atoms with Gasteiger partial charge in [0.05, 0.1) is 23.0 Å². The Hall–Kier alpha value is -3.29. The first-order valence-electron chi connectivity index (χ1n) is 9.85. The van der Waals surface area contributed by atoms with Crippen LogP contribution in [0.5, 0.6) is 0 Å². The zero-order valence-electron chi connectivity index (χ0n) is 16.7. The van der Waals surface area contributed by atoms with E-state index in [1.54, 1.807) is 11.4 Å². The topological polar surface area (TPSA) is 71.1 Å². The highest BCUT2D eigenvalue weighted by molar-refractivity contribution is 7.14. The van der Waals surface area contributed by atoms with Gasteiger partial charge in [-0.1, -0.05) is 66.7 Å². The van der Waals surface area contributed by atoms with E-state index in [-0.39, 0.29) is 24.3 Å². The molecule has 0 aliphatic carbocycles. The number of hydrogen-bond acceptors (Lipinski definition) is 5. The van der Waals surface area contributed by atoms with Gasteiger partial charge in [-0.15, -0.1) is 22.7 Å². The quantitative estimate of drug-likeness (QED) is 0.395. The van der Waals surface area contributed by atoms with Gasteiger partial charge in [-0.3, -0.25) is 14.9 Å². The van der Waals surface area contributed by atoms with Gasteiger partial charge in [0.2, 0.25) is 5.91 Å². The molecule has 156 valence electrons. The molecule has 4 aromatic rings. The number of carbonyl (C=O) groups is 2. The van der Waals surface area contributed by atoms with Gasteiger partial charge in [-0.25, -0.2) is 4.98 Å². The minimum Gasteiger partial charge on any atom is -0.349 e. The summed E-state index contributed by atoms with van der Waals surface area (Å²) < 4.78 is 0. The molecule has 0 fully saturated rings. The normalized spacial score (nSPS) is 11.6. The molecule has 2 aromatic carbocycles. The molecule has 1 atom stereocenters. The molecule has 1 unspecified atom stereocenters. The maximum absolute atomic E-state index is 12.8. The fraction of sp³-hybridized carbons (Fsp3) is 0.125. The molecule has 2 heterocycles. The van der Waals surface area contributed by atoms with Gasteiger partial charge >= 0.3 is 0 Å². The standard InChI is InChI=1S/C24H21N3O2S2/c28-22(15-19-16-31-24(25-19)27-23(29)21-12-7-13-30-21)26-20(18-10-5-2-6-11-18)14-17-8-3-1-4-9-17/h1-13,16,20H,14-15H2,(H,26,28)(H,25,27,29). The number of thiophene rings is 1. The van der Waals surface area contributed by atoms with Crippen LogP contribution in [0.15, 0.2) is 83.6 Å². The lowest BCUT2D eigenvalue weighted by Crippen LogP contribution is -2.31.